The van der Waals surface area contributed by atoms with Gasteiger partial charge in [-0.25, -0.2) is 4.79 Å². The van der Waals surface area contributed by atoms with Crippen molar-refractivity contribution < 1.29 is 9.90 Å². The Balaban J connectivity index is 4.04. The van der Waals surface area contributed by atoms with Crippen LogP contribution in [0.3, 0.4) is 0 Å². The molecule has 0 aromatic heterocycles. The lowest BCUT2D eigenvalue weighted by atomic mass is 10.3. The fourth-order valence-electron chi connectivity index (χ4n) is 0.224. The number of hydrogen-bond acceptors (Lipinski definition) is 1. The lowest BCUT2D eigenvalue weighted by Gasteiger charge is -1.78. The highest BCUT2D eigenvalue weighted by Gasteiger charge is 1.81. The van der Waals surface area contributed by atoms with Gasteiger partial charge in [-0.2, -0.15) is 0 Å². The summed E-state index contributed by atoms with van der Waals surface area (Å²) in [6.07, 6.45) is 1.76. The van der Waals surface area contributed by atoms with Crippen molar-refractivity contribution >= 4 is 5.97 Å². The predicted molar refractivity (Wildman–Crippen MR) is 34.8 cm³/mol. The maximum atomic E-state index is 9.82. The summed E-state index contributed by atoms with van der Waals surface area (Å²) in [5.41, 5.74) is 0.775. The predicted octanol–water partition coefficient (Wildman–Crippen LogP) is 1.04. The van der Waals surface area contributed by atoms with Crippen LogP contribution in [0.2, 0.25) is 0 Å². The van der Waals surface area contributed by atoms with Gasteiger partial charge in [-0.3, -0.25) is 0 Å². The highest BCUT2D eigenvalue weighted by Crippen LogP contribution is 1.85. The smallest absolute Gasteiger partial charge is 0.382 e. The highest BCUT2D eigenvalue weighted by atomic mass is 16.4. The van der Waals surface area contributed by atoms with Crippen LogP contribution < -0.4 is 0 Å². The molecule has 1 N–H and O–H groups in total. The Labute approximate surface area is 54.2 Å². The molecule has 9 heavy (non-hydrogen) atoms. The lowest BCUT2D eigenvalue weighted by molar-refractivity contribution is -0.130. The molecule has 0 aromatic carbocycles. The van der Waals surface area contributed by atoms with Gasteiger partial charge in [0.1, 0.15) is 0 Å². The van der Waals surface area contributed by atoms with Gasteiger partial charge in [0, 0.05) is 5.92 Å². The van der Waals surface area contributed by atoms with E-state index < -0.39 is 5.97 Å². The number of carbonyl (C=O) groups is 1. The van der Waals surface area contributed by atoms with Crippen LogP contribution in [-0.4, -0.2) is 11.1 Å². The third kappa shape index (κ3) is 4.63. The molecule has 0 spiro atoms. The molecular formula is C7H8O2. The Kier molecular flexibility index (Phi) is 3.22. The summed E-state index contributed by atoms with van der Waals surface area (Å²) in [5.74, 6) is 3.35. The van der Waals surface area contributed by atoms with Gasteiger partial charge < -0.3 is 5.11 Å². The number of allylic oxidation sites excluding steroid dienone is 2. The van der Waals surface area contributed by atoms with Gasteiger partial charge in [0.05, 0.1) is 0 Å². The first kappa shape index (κ1) is 7.77. The third-order valence-corrected chi connectivity index (χ3v) is 0.800. The van der Waals surface area contributed by atoms with E-state index in [9.17, 15) is 4.79 Å². The van der Waals surface area contributed by atoms with E-state index in [1.54, 1.807) is 13.0 Å². The number of carboxylic acid groups (broad SMARTS) is 1. The van der Waals surface area contributed by atoms with Crippen molar-refractivity contribution in [2.24, 2.45) is 0 Å². The molecule has 0 aliphatic heterocycles. The number of rotatable bonds is 0. The Morgan fingerprint density at radius 3 is 2.44 bits per heavy atom. The Bertz CT molecular complexity index is 191. The van der Waals surface area contributed by atoms with Crippen LogP contribution in [-0.2, 0) is 4.79 Å². The molecule has 0 saturated heterocycles. The van der Waals surface area contributed by atoms with Crippen LogP contribution in [0, 0.1) is 11.8 Å². The molecular weight excluding hydrogens is 116 g/mol. The Hall–Kier alpha value is -1.23. The number of hydrogen-bond donors (Lipinski definition) is 1. The average molecular weight is 124 g/mol. The van der Waals surface area contributed by atoms with Gasteiger partial charge in [0.15, 0.2) is 0 Å². The van der Waals surface area contributed by atoms with E-state index in [-0.39, 0.29) is 0 Å². The van der Waals surface area contributed by atoms with Crippen LogP contribution in [0.1, 0.15) is 13.8 Å². The molecule has 0 rings (SSSR count). The second-order valence-electron chi connectivity index (χ2n) is 1.53. The molecule has 0 atom stereocenters. The fraction of sp³-hybridized carbons (Fsp3) is 0.286. The molecule has 0 heterocycles. The van der Waals surface area contributed by atoms with Gasteiger partial charge in [-0.1, -0.05) is 12.0 Å². The molecule has 2 nitrogen and oxygen atoms in total. The molecule has 0 saturated carbocycles. The first-order valence-corrected chi connectivity index (χ1v) is 2.54. The summed E-state index contributed by atoms with van der Waals surface area (Å²) in [6.45, 7) is 3.57. The minimum absolute atomic E-state index is 0.775. The van der Waals surface area contributed by atoms with Gasteiger partial charge in [-0.15, -0.1) is 0 Å². The minimum atomic E-state index is -1.09. The zero-order chi connectivity index (χ0) is 7.28. The molecule has 0 aromatic rings. The van der Waals surface area contributed by atoms with E-state index in [0.29, 0.717) is 0 Å². The van der Waals surface area contributed by atoms with Crippen LogP contribution in [0.15, 0.2) is 11.6 Å². The van der Waals surface area contributed by atoms with E-state index in [1.165, 1.54) is 0 Å². The molecule has 0 radical (unpaired) electrons. The molecule has 48 valence electrons. The largest absolute Gasteiger partial charge is 0.472 e. The van der Waals surface area contributed by atoms with Gasteiger partial charge in [0.25, 0.3) is 0 Å². The second-order valence-corrected chi connectivity index (χ2v) is 1.53. The van der Waals surface area contributed by atoms with Crippen molar-refractivity contribution in [1.29, 1.82) is 0 Å². The Morgan fingerprint density at radius 1 is 1.56 bits per heavy atom. The Morgan fingerprint density at radius 2 is 2.11 bits per heavy atom. The monoisotopic (exact) mass is 124 g/mol. The molecule has 0 fully saturated rings. The molecule has 0 aliphatic rings. The molecule has 0 bridgehead atoms. The van der Waals surface area contributed by atoms with E-state index >= 15 is 0 Å². The van der Waals surface area contributed by atoms with Crippen molar-refractivity contribution in [3.8, 4) is 11.8 Å². The summed E-state index contributed by atoms with van der Waals surface area (Å²) in [4.78, 5) is 9.82. The van der Waals surface area contributed by atoms with E-state index in [4.69, 9.17) is 5.11 Å². The summed E-state index contributed by atoms with van der Waals surface area (Å²) in [6, 6.07) is 0. The van der Waals surface area contributed by atoms with Crippen molar-refractivity contribution in [3.05, 3.63) is 11.6 Å². The lowest BCUT2D eigenvalue weighted by Crippen LogP contribution is -1.86. The fourth-order valence-corrected chi connectivity index (χ4v) is 0.224. The van der Waals surface area contributed by atoms with Crippen molar-refractivity contribution in [2.45, 2.75) is 13.8 Å². The number of aliphatic carboxylic acids is 1. The van der Waals surface area contributed by atoms with Crippen LogP contribution in [0.5, 0.6) is 0 Å². The zero-order valence-corrected chi connectivity index (χ0v) is 5.43. The van der Waals surface area contributed by atoms with Crippen molar-refractivity contribution in [3.63, 3.8) is 0 Å². The summed E-state index contributed by atoms with van der Waals surface area (Å²) < 4.78 is 0. The first-order valence-electron chi connectivity index (χ1n) is 2.54. The topological polar surface area (TPSA) is 37.3 Å². The van der Waals surface area contributed by atoms with E-state index in [0.717, 1.165) is 5.57 Å². The molecule has 0 aliphatic carbocycles. The highest BCUT2D eigenvalue weighted by molar-refractivity contribution is 5.87. The van der Waals surface area contributed by atoms with Crippen molar-refractivity contribution in [1.82, 2.24) is 0 Å². The van der Waals surface area contributed by atoms with E-state index in [2.05, 4.69) is 5.92 Å². The second kappa shape index (κ2) is 3.73. The average Bonchev–Trinajstić information content (AvgIpc) is 1.83. The quantitative estimate of drug-likeness (QED) is 0.490. The maximum absolute atomic E-state index is 9.82. The zero-order valence-electron chi connectivity index (χ0n) is 5.43. The standard InChI is InChI=1S/C7H8O2/c1-3-6(2)4-5-7(8)9/h3H,1-2H3,(H,8,9). The first-order chi connectivity index (χ1) is 4.16. The molecule has 2 heteroatoms. The summed E-state index contributed by atoms with van der Waals surface area (Å²) in [5, 5.41) is 8.06. The minimum Gasteiger partial charge on any atom is -0.472 e. The van der Waals surface area contributed by atoms with E-state index in [1.807, 2.05) is 12.8 Å². The van der Waals surface area contributed by atoms with Crippen LogP contribution in [0.4, 0.5) is 0 Å². The van der Waals surface area contributed by atoms with Crippen LogP contribution in [0.25, 0.3) is 0 Å². The summed E-state index contributed by atoms with van der Waals surface area (Å²) in [7, 11) is 0. The maximum Gasteiger partial charge on any atom is 0.382 e. The van der Waals surface area contributed by atoms with Gasteiger partial charge in [0.2, 0.25) is 0 Å². The SMILES string of the molecule is CC=C(C)C#CC(=O)O. The molecule has 0 amide bonds. The van der Waals surface area contributed by atoms with Crippen molar-refractivity contribution in [2.75, 3.05) is 0 Å². The number of carboxylic acids is 1. The van der Waals surface area contributed by atoms with Gasteiger partial charge in [-0.05, 0) is 19.4 Å². The molecule has 0 unspecified atom stereocenters. The van der Waals surface area contributed by atoms with Gasteiger partial charge >= 0.3 is 5.97 Å². The normalized spacial score (nSPS) is 9.78. The van der Waals surface area contributed by atoms with Crippen LogP contribution >= 0.6 is 0 Å². The summed E-state index contributed by atoms with van der Waals surface area (Å²) >= 11 is 0. The third-order valence-electron chi connectivity index (χ3n) is 0.800.